The number of ether oxygens (including phenoxy) is 2. The molecule has 1 fully saturated rings. The summed E-state index contributed by atoms with van der Waals surface area (Å²) in [4.78, 5) is 22.5. The highest BCUT2D eigenvalue weighted by Gasteiger charge is 2.37. The van der Waals surface area contributed by atoms with Crippen molar-refractivity contribution in [2.75, 3.05) is 13.2 Å². The molecule has 0 saturated carbocycles. The lowest BCUT2D eigenvalue weighted by Crippen LogP contribution is -2.50. The number of esters is 1. The monoisotopic (exact) mass is 484 g/mol. The Labute approximate surface area is 203 Å². The van der Waals surface area contributed by atoms with Gasteiger partial charge in [0.1, 0.15) is 6.10 Å². The fourth-order valence-corrected chi connectivity index (χ4v) is 3.84. The van der Waals surface area contributed by atoms with Gasteiger partial charge in [-0.2, -0.15) is 0 Å². The number of aliphatic hydroxyl groups excluding tert-OH is 3. The van der Waals surface area contributed by atoms with E-state index >= 15 is 0 Å². The molecule has 0 unspecified atom stereocenters. The lowest BCUT2D eigenvalue weighted by molar-refractivity contribution is -0.162. The van der Waals surface area contributed by atoms with Crippen molar-refractivity contribution in [2.24, 2.45) is 11.8 Å². The van der Waals surface area contributed by atoms with Crippen LogP contribution in [0.15, 0.2) is 23.8 Å². The minimum atomic E-state index is -1.05. The molecule has 1 aliphatic heterocycles. The summed E-state index contributed by atoms with van der Waals surface area (Å²) >= 11 is 0. The Morgan fingerprint density at radius 2 is 1.71 bits per heavy atom. The van der Waals surface area contributed by atoms with Gasteiger partial charge in [-0.25, -0.2) is 4.79 Å². The van der Waals surface area contributed by atoms with Gasteiger partial charge in [0.25, 0.3) is 0 Å². The molecule has 196 valence electrons. The second-order valence-electron chi connectivity index (χ2n) is 9.50. The van der Waals surface area contributed by atoms with Gasteiger partial charge in [-0.1, -0.05) is 50.3 Å². The van der Waals surface area contributed by atoms with Gasteiger partial charge >= 0.3 is 11.9 Å². The van der Waals surface area contributed by atoms with E-state index in [9.17, 15) is 24.9 Å². The van der Waals surface area contributed by atoms with E-state index in [0.29, 0.717) is 38.0 Å². The summed E-state index contributed by atoms with van der Waals surface area (Å²) in [7, 11) is 0. The SMILES string of the molecule is C/C(=C/C(=O)OCCCCCCCCC(=O)O)C[C@@H]1OC[C@@H](C/C=C/[C@@H](C)[C@H](C)O)[C@@H](O)[C@@H]1O. The Balaban J connectivity index is 2.28. The molecule has 1 saturated heterocycles. The van der Waals surface area contributed by atoms with Crippen LogP contribution in [0.5, 0.6) is 0 Å². The van der Waals surface area contributed by atoms with Gasteiger partial charge in [0.2, 0.25) is 0 Å². The van der Waals surface area contributed by atoms with Crippen LogP contribution in [0.4, 0.5) is 0 Å². The van der Waals surface area contributed by atoms with E-state index in [0.717, 1.165) is 32.1 Å². The second-order valence-corrected chi connectivity index (χ2v) is 9.50. The number of carboxylic acids is 1. The van der Waals surface area contributed by atoms with Crippen LogP contribution in [0.2, 0.25) is 0 Å². The standard InChI is InChI=1S/C26H44O8/c1-18(16-24(30)33-14-9-7-5-4-6-8-13-23(28)29)15-22-26(32)25(31)21(17-34-22)12-10-11-19(2)20(3)27/h10-11,16,19-22,25-27,31-32H,4-9,12-15,17H2,1-3H3,(H,28,29)/b11-10+,18-16-/t19-,20+,21-,22+,25-,26-/m1/s1. The van der Waals surface area contributed by atoms with Gasteiger partial charge in [-0.15, -0.1) is 0 Å². The topological polar surface area (TPSA) is 134 Å². The summed E-state index contributed by atoms with van der Waals surface area (Å²) < 4.78 is 11.0. The molecule has 0 aliphatic carbocycles. The molecule has 34 heavy (non-hydrogen) atoms. The summed E-state index contributed by atoms with van der Waals surface area (Å²) in [5.41, 5.74) is 0.712. The molecule has 0 spiro atoms. The van der Waals surface area contributed by atoms with Crippen molar-refractivity contribution < 1.29 is 39.5 Å². The van der Waals surface area contributed by atoms with Crippen LogP contribution in [0.25, 0.3) is 0 Å². The number of carboxylic acid groups (broad SMARTS) is 1. The summed E-state index contributed by atoms with van der Waals surface area (Å²) in [6.07, 6.45) is 8.56. The number of carbonyl (C=O) groups is 2. The van der Waals surface area contributed by atoms with E-state index in [4.69, 9.17) is 14.6 Å². The van der Waals surface area contributed by atoms with Crippen molar-refractivity contribution in [2.45, 2.75) is 103 Å². The van der Waals surface area contributed by atoms with Crippen molar-refractivity contribution in [1.82, 2.24) is 0 Å². The zero-order valence-electron chi connectivity index (χ0n) is 20.9. The second kappa shape index (κ2) is 16.8. The average Bonchev–Trinajstić information content (AvgIpc) is 2.76. The van der Waals surface area contributed by atoms with Crippen LogP contribution < -0.4 is 0 Å². The molecule has 0 amide bonds. The first-order chi connectivity index (χ1) is 16.1. The summed E-state index contributed by atoms with van der Waals surface area (Å²) in [6, 6.07) is 0. The predicted molar refractivity (Wildman–Crippen MR) is 129 cm³/mol. The number of hydrogen-bond acceptors (Lipinski definition) is 7. The number of rotatable bonds is 16. The van der Waals surface area contributed by atoms with Crippen molar-refractivity contribution in [3.05, 3.63) is 23.8 Å². The third kappa shape index (κ3) is 12.6. The molecule has 0 aromatic heterocycles. The largest absolute Gasteiger partial charge is 0.481 e. The van der Waals surface area contributed by atoms with E-state index in [2.05, 4.69) is 0 Å². The zero-order chi connectivity index (χ0) is 25.5. The highest BCUT2D eigenvalue weighted by atomic mass is 16.5. The van der Waals surface area contributed by atoms with E-state index in [1.807, 2.05) is 19.1 Å². The molecule has 1 rings (SSSR count). The molecule has 8 heteroatoms. The van der Waals surface area contributed by atoms with Gasteiger partial charge in [0, 0.05) is 18.4 Å². The van der Waals surface area contributed by atoms with Gasteiger partial charge in [-0.3, -0.25) is 4.79 Å². The van der Waals surface area contributed by atoms with Crippen LogP contribution in [-0.2, 0) is 19.1 Å². The maximum Gasteiger partial charge on any atom is 0.330 e. The quantitative estimate of drug-likeness (QED) is 0.113. The molecule has 4 N–H and O–H groups in total. The van der Waals surface area contributed by atoms with E-state index in [1.54, 1.807) is 13.8 Å². The van der Waals surface area contributed by atoms with E-state index in [-0.39, 0.29) is 18.3 Å². The number of allylic oxidation sites excluding steroid dienone is 1. The first kappa shape index (κ1) is 30.3. The molecule has 1 aliphatic rings. The normalized spacial score (nSPS) is 25.3. The Morgan fingerprint density at radius 1 is 1.06 bits per heavy atom. The Kier molecular flexibility index (Phi) is 15.0. The van der Waals surface area contributed by atoms with Crippen LogP contribution in [0, 0.1) is 11.8 Å². The summed E-state index contributed by atoms with van der Waals surface area (Å²) in [5.74, 6) is -1.40. The van der Waals surface area contributed by atoms with Crippen molar-refractivity contribution in [1.29, 1.82) is 0 Å². The maximum atomic E-state index is 12.0. The van der Waals surface area contributed by atoms with Crippen molar-refractivity contribution >= 4 is 11.9 Å². The van der Waals surface area contributed by atoms with Crippen LogP contribution in [0.1, 0.15) is 78.6 Å². The smallest absolute Gasteiger partial charge is 0.330 e. The van der Waals surface area contributed by atoms with Crippen molar-refractivity contribution in [3.63, 3.8) is 0 Å². The van der Waals surface area contributed by atoms with Gasteiger partial charge in [0.15, 0.2) is 0 Å². The molecule has 0 bridgehead atoms. The minimum Gasteiger partial charge on any atom is -0.481 e. The van der Waals surface area contributed by atoms with Crippen LogP contribution in [0.3, 0.4) is 0 Å². The van der Waals surface area contributed by atoms with Crippen molar-refractivity contribution in [3.8, 4) is 0 Å². The third-order valence-corrected chi connectivity index (χ3v) is 6.29. The lowest BCUT2D eigenvalue weighted by atomic mass is 9.87. The Hall–Kier alpha value is -1.74. The predicted octanol–water partition coefficient (Wildman–Crippen LogP) is 3.38. The zero-order valence-corrected chi connectivity index (χ0v) is 20.9. The van der Waals surface area contributed by atoms with E-state index in [1.165, 1.54) is 6.08 Å². The van der Waals surface area contributed by atoms with Gasteiger partial charge in [0.05, 0.1) is 31.5 Å². The fraction of sp³-hybridized carbons (Fsp3) is 0.769. The van der Waals surface area contributed by atoms with E-state index < -0.39 is 36.4 Å². The molecule has 6 atom stereocenters. The molecule has 0 aromatic rings. The Morgan fingerprint density at radius 3 is 2.35 bits per heavy atom. The molecule has 0 aromatic carbocycles. The maximum absolute atomic E-state index is 12.0. The Bertz CT molecular complexity index is 657. The minimum absolute atomic E-state index is 0.0160. The fourth-order valence-electron chi connectivity index (χ4n) is 3.84. The number of unbranched alkanes of at least 4 members (excludes halogenated alkanes) is 5. The highest BCUT2D eigenvalue weighted by Crippen LogP contribution is 2.27. The number of aliphatic hydroxyl groups is 3. The summed E-state index contributed by atoms with van der Waals surface area (Å²) in [5, 5.41) is 39.1. The first-order valence-corrected chi connectivity index (χ1v) is 12.5. The number of hydrogen-bond donors (Lipinski definition) is 4. The lowest BCUT2D eigenvalue weighted by Gasteiger charge is -2.37. The number of aliphatic carboxylic acids is 1. The third-order valence-electron chi connectivity index (χ3n) is 6.29. The summed E-state index contributed by atoms with van der Waals surface area (Å²) in [6.45, 7) is 6.05. The first-order valence-electron chi connectivity index (χ1n) is 12.5. The molecule has 0 radical (unpaired) electrons. The van der Waals surface area contributed by atoms with Crippen LogP contribution >= 0.6 is 0 Å². The molecular weight excluding hydrogens is 440 g/mol. The van der Waals surface area contributed by atoms with Gasteiger partial charge < -0.3 is 29.9 Å². The number of carbonyl (C=O) groups excluding carboxylic acids is 1. The van der Waals surface area contributed by atoms with Gasteiger partial charge in [-0.05, 0) is 45.4 Å². The highest BCUT2D eigenvalue weighted by molar-refractivity contribution is 5.82. The average molecular weight is 485 g/mol. The molecular formula is C26H44O8. The molecule has 8 nitrogen and oxygen atoms in total. The van der Waals surface area contributed by atoms with Crippen LogP contribution in [-0.4, -0.2) is 70.0 Å². The molecule has 1 heterocycles.